The molecule has 0 atom stereocenters. The van der Waals surface area contributed by atoms with Crippen LogP contribution in [0.25, 0.3) is 10.6 Å². The Kier molecular flexibility index (Phi) is 4.99. The van der Waals surface area contributed by atoms with Crippen LogP contribution in [0.2, 0.25) is 0 Å². The standard InChI is InChI=1S/C21H22N2O3S2/c1-14-7-8-18(11-15(14)2)28(24,25)23-10-9-19-20(13-23)27-21(22-19)16-5-4-6-17(12-16)26-3/h4-8,11-12H,9-10,13H2,1-3H3. The molecule has 0 amide bonds. The maximum Gasteiger partial charge on any atom is 0.243 e. The van der Waals surface area contributed by atoms with Crippen molar-refractivity contribution in [2.75, 3.05) is 13.7 Å². The Balaban J connectivity index is 1.63. The van der Waals surface area contributed by atoms with Gasteiger partial charge in [-0.3, -0.25) is 0 Å². The van der Waals surface area contributed by atoms with E-state index in [0.717, 1.165) is 38.0 Å². The molecule has 0 saturated heterocycles. The number of hydrogen-bond donors (Lipinski definition) is 0. The van der Waals surface area contributed by atoms with Crippen LogP contribution in [-0.2, 0) is 23.0 Å². The minimum Gasteiger partial charge on any atom is -0.497 e. The molecule has 0 unspecified atom stereocenters. The van der Waals surface area contributed by atoms with Gasteiger partial charge in [0.2, 0.25) is 10.0 Å². The summed E-state index contributed by atoms with van der Waals surface area (Å²) in [4.78, 5) is 6.12. The number of hydrogen-bond acceptors (Lipinski definition) is 5. The molecule has 0 fully saturated rings. The molecule has 1 aromatic heterocycles. The summed E-state index contributed by atoms with van der Waals surface area (Å²) < 4.78 is 33.1. The van der Waals surface area contributed by atoms with Gasteiger partial charge in [-0.1, -0.05) is 18.2 Å². The molecule has 0 aliphatic carbocycles. The number of ether oxygens (including phenoxy) is 1. The molecular formula is C21H22N2O3S2. The highest BCUT2D eigenvalue weighted by Crippen LogP contribution is 2.34. The normalized spacial score (nSPS) is 14.7. The molecule has 1 aliphatic rings. The third-order valence-electron chi connectivity index (χ3n) is 5.13. The van der Waals surface area contributed by atoms with Crippen molar-refractivity contribution in [1.82, 2.24) is 9.29 Å². The molecule has 0 saturated carbocycles. The number of aromatic nitrogens is 1. The summed E-state index contributed by atoms with van der Waals surface area (Å²) >= 11 is 1.56. The van der Waals surface area contributed by atoms with Crippen LogP contribution in [-0.4, -0.2) is 31.4 Å². The number of benzene rings is 2. The Bertz CT molecular complexity index is 1140. The number of thiazole rings is 1. The van der Waals surface area contributed by atoms with Crippen molar-refractivity contribution in [2.24, 2.45) is 0 Å². The summed E-state index contributed by atoms with van der Waals surface area (Å²) in [5, 5.41) is 0.898. The average Bonchev–Trinajstić information content (AvgIpc) is 3.13. The SMILES string of the molecule is COc1cccc(-c2nc3c(s2)CN(S(=O)(=O)c2ccc(C)c(C)c2)CC3)c1. The summed E-state index contributed by atoms with van der Waals surface area (Å²) in [6.45, 7) is 4.73. The predicted octanol–water partition coefficient (Wildman–Crippen LogP) is 4.18. The largest absolute Gasteiger partial charge is 0.497 e. The first-order valence-electron chi connectivity index (χ1n) is 9.09. The minimum absolute atomic E-state index is 0.358. The van der Waals surface area contributed by atoms with Crippen LogP contribution in [0, 0.1) is 13.8 Å². The summed E-state index contributed by atoms with van der Waals surface area (Å²) in [5.74, 6) is 0.782. The lowest BCUT2D eigenvalue weighted by Gasteiger charge is -2.25. The highest BCUT2D eigenvalue weighted by Gasteiger charge is 2.30. The predicted molar refractivity (Wildman–Crippen MR) is 111 cm³/mol. The van der Waals surface area contributed by atoms with E-state index >= 15 is 0 Å². The fourth-order valence-electron chi connectivity index (χ4n) is 3.28. The van der Waals surface area contributed by atoms with Gasteiger partial charge in [-0.05, 0) is 49.2 Å². The summed E-state index contributed by atoms with van der Waals surface area (Å²) in [7, 11) is -1.88. The highest BCUT2D eigenvalue weighted by molar-refractivity contribution is 7.89. The first kappa shape index (κ1) is 19.1. The van der Waals surface area contributed by atoms with E-state index in [1.807, 2.05) is 44.2 Å². The average molecular weight is 415 g/mol. The zero-order valence-corrected chi connectivity index (χ0v) is 17.7. The van der Waals surface area contributed by atoms with Crippen molar-refractivity contribution in [3.63, 3.8) is 0 Å². The van der Waals surface area contributed by atoms with Gasteiger partial charge in [0.1, 0.15) is 10.8 Å². The second kappa shape index (κ2) is 7.31. The van der Waals surface area contributed by atoms with Gasteiger partial charge in [0.05, 0.1) is 24.2 Å². The van der Waals surface area contributed by atoms with Crippen LogP contribution < -0.4 is 4.74 Å². The molecule has 0 spiro atoms. The Hall–Kier alpha value is -2.22. The maximum atomic E-state index is 13.1. The quantitative estimate of drug-likeness (QED) is 0.643. The third-order valence-corrected chi connectivity index (χ3v) is 8.10. The van der Waals surface area contributed by atoms with Crippen LogP contribution in [0.3, 0.4) is 0 Å². The zero-order chi connectivity index (χ0) is 19.9. The second-order valence-corrected chi connectivity index (χ2v) is 9.98. The number of sulfonamides is 1. The van der Waals surface area contributed by atoms with E-state index in [9.17, 15) is 8.42 Å². The summed E-state index contributed by atoms with van der Waals surface area (Å²) in [5.41, 5.74) is 4.05. The van der Waals surface area contributed by atoms with E-state index in [0.29, 0.717) is 24.4 Å². The van der Waals surface area contributed by atoms with Crippen LogP contribution in [0.5, 0.6) is 5.75 Å². The monoisotopic (exact) mass is 414 g/mol. The number of nitrogens with zero attached hydrogens (tertiary/aromatic N) is 2. The van der Waals surface area contributed by atoms with Crippen molar-refractivity contribution in [2.45, 2.75) is 31.7 Å². The van der Waals surface area contributed by atoms with Crippen LogP contribution in [0.15, 0.2) is 47.4 Å². The highest BCUT2D eigenvalue weighted by atomic mass is 32.2. The first-order chi connectivity index (χ1) is 13.4. The van der Waals surface area contributed by atoms with Gasteiger partial charge < -0.3 is 4.74 Å². The van der Waals surface area contributed by atoms with E-state index < -0.39 is 10.0 Å². The number of methoxy groups -OCH3 is 1. The number of rotatable bonds is 4. The molecule has 4 rings (SSSR count). The van der Waals surface area contributed by atoms with Gasteiger partial charge in [0.25, 0.3) is 0 Å². The Labute approximate surface area is 169 Å². The van der Waals surface area contributed by atoms with E-state index in [1.54, 1.807) is 34.9 Å². The lowest BCUT2D eigenvalue weighted by Crippen LogP contribution is -2.35. The minimum atomic E-state index is -3.52. The smallest absolute Gasteiger partial charge is 0.243 e. The molecule has 28 heavy (non-hydrogen) atoms. The van der Waals surface area contributed by atoms with Gasteiger partial charge in [-0.25, -0.2) is 13.4 Å². The molecule has 0 radical (unpaired) electrons. The fraction of sp³-hybridized carbons (Fsp3) is 0.286. The third kappa shape index (κ3) is 3.45. The first-order valence-corrected chi connectivity index (χ1v) is 11.3. The van der Waals surface area contributed by atoms with Gasteiger partial charge in [-0.2, -0.15) is 4.31 Å². The molecule has 1 aliphatic heterocycles. The number of aryl methyl sites for hydroxylation is 2. The van der Waals surface area contributed by atoms with Gasteiger partial charge in [0, 0.05) is 23.4 Å². The van der Waals surface area contributed by atoms with Gasteiger partial charge in [0.15, 0.2) is 0 Å². The number of fused-ring (bicyclic) bond motifs is 1. The fourth-order valence-corrected chi connectivity index (χ4v) is 5.98. The van der Waals surface area contributed by atoms with Crippen LogP contribution in [0.1, 0.15) is 21.7 Å². The molecule has 0 bridgehead atoms. The van der Waals surface area contributed by atoms with Crippen molar-refractivity contribution in [3.05, 3.63) is 64.2 Å². The molecule has 2 aromatic carbocycles. The van der Waals surface area contributed by atoms with Crippen molar-refractivity contribution in [3.8, 4) is 16.3 Å². The van der Waals surface area contributed by atoms with E-state index in [4.69, 9.17) is 9.72 Å². The van der Waals surface area contributed by atoms with Gasteiger partial charge in [-0.15, -0.1) is 11.3 Å². The van der Waals surface area contributed by atoms with Crippen molar-refractivity contribution in [1.29, 1.82) is 0 Å². The summed E-state index contributed by atoms with van der Waals surface area (Å²) in [6, 6.07) is 13.1. The topological polar surface area (TPSA) is 59.5 Å². The zero-order valence-electron chi connectivity index (χ0n) is 16.1. The van der Waals surface area contributed by atoms with Crippen molar-refractivity contribution < 1.29 is 13.2 Å². The maximum absolute atomic E-state index is 13.1. The van der Waals surface area contributed by atoms with Crippen LogP contribution >= 0.6 is 11.3 Å². The molecular weight excluding hydrogens is 392 g/mol. The molecule has 7 heteroatoms. The van der Waals surface area contributed by atoms with E-state index in [1.165, 1.54) is 0 Å². The molecule has 146 valence electrons. The summed E-state index contributed by atoms with van der Waals surface area (Å²) in [6.07, 6.45) is 0.625. The second-order valence-electron chi connectivity index (χ2n) is 6.96. The van der Waals surface area contributed by atoms with Gasteiger partial charge >= 0.3 is 0 Å². The van der Waals surface area contributed by atoms with Crippen molar-refractivity contribution >= 4 is 21.4 Å². The Morgan fingerprint density at radius 2 is 1.93 bits per heavy atom. The lowest BCUT2D eigenvalue weighted by molar-refractivity contribution is 0.393. The lowest BCUT2D eigenvalue weighted by atomic mass is 10.1. The Morgan fingerprint density at radius 3 is 2.68 bits per heavy atom. The van der Waals surface area contributed by atoms with E-state index in [-0.39, 0.29) is 0 Å². The molecule has 2 heterocycles. The van der Waals surface area contributed by atoms with Crippen LogP contribution in [0.4, 0.5) is 0 Å². The Morgan fingerprint density at radius 1 is 1.11 bits per heavy atom. The molecule has 5 nitrogen and oxygen atoms in total. The molecule has 0 N–H and O–H groups in total. The van der Waals surface area contributed by atoms with E-state index in [2.05, 4.69) is 0 Å². The molecule has 3 aromatic rings.